The fraction of sp³-hybridized carbons (Fsp3) is 0.500. The minimum atomic E-state index is 0.223. The fourth-order valence-electron chi connectivity index (χ4n) is 2.62. The van der Waals surface area contributed by atoms with Gasteiger partial charge >= 0.3 is 0 Å². The van der Waals surface area contributed by atoms with Crippen molar-refractivity contribution in [3.63, 3.8) is 0 Å². The minimum Gasteiger partial charge on any atom is -0.383 e. The van der Waals surface area contributed by atoms with Gasteiger partial charge in [0.2, 0.25) is 5.91 Å². The number of nitrogens with one attached hydrogen (secondary N) is 1. The molecule has 18 heavy (non-hydrogen) atoms. The van der Waals surface area contributed by atoms with E-state index in [1.54, 1.807) is 0 Å². The van der Waals surface area contributed by atoms with Gasteiger partial charge in [-0.05, 0) is 30.7 Å². The van der Waals surface area contributed by atoms with E-state index >= 15 is 0 Å². The second-order valence-corrected chi connectivity index (χ2v) is 6.00. The molecule has 0 aliphatic carbocycles. The van der Waals surface area contributed by atoms with Gasteiger partial charge in [-0.25, -0.2) is 0 Å². The van der Waals surface area contributed by atoms with Crippen LogP contribution in [0.2, 0.25) is 0 Å². The third kappa shape index (κ3) is 2.21. The van der Waals surface area contributed by atoms with E-state index in [2.05, 4.69) is 11.4 Å². The van der Waals surface area contributed by atoms with Crippen molar-refractivity contribution >= 4 is 29.0 Å². The van der Waals surface area contributed by atoms with Gasteiger partial charge in [0.15, 0.2) is 0 Å². The summed E-state index contributed by atoms with van der Waals surface area (Å²) in [5.41, 5.74) is 2.14. The summed E-state index contributed by atoms with van der Waals surface area (Å²) in [6.07, 6.45) is 2.05. The van der Waals surface area contributed by atoms with Gasteiger partial charge in [-0.15, -0.1) is 0 Å². The van der Waals surface area contributed by atoms with Crippen LogP contribution in [0, 0.1) is 5.92 Å². The molecular weight excluding hydrogens is 244 g/mol. The molecule has 1 N–H and O–H groups in total. The number of hydrogen-bond acceptors (Lipinski definition) is 3. The molecule has 2 aliphatic heterocycles. The average molecular weight is 262 g/mol. The van der Waals surface area contributed by atoms with E-state index in [-0.39, 0.29) is 5.92 Å². The topological polar surface area (TPSA) is 32.3 Å². The summed E-state index contributed by atoms with van der Waals surface area (Å²) in [6.45, 7) is 1.78. The molecule has 1 unspecified atom stereocenters. The molecule has 1 aromatic rings. The van der Waals surface area contributed by atoms with Gasteiger partial charge < -0.3 is 10.2 Å². The number of rotatable bonds is 1. The monoisotopic (exact) mass is 262 g/mol. The smallest absolute Gasteiger partial charge is 0.231 e. The normalized spacial score (nSPS) is 23.1. The highest BCUT2D eigenvalue weighted by Gasteiger charge is 2.29. The van der Waals surface area contributed by atoms with Crippen LogP contribution in [-0.4, -0.2) is 30.5 Å². The molecule has 1 aromatic carbocycles. The third-order valence-electron chi connectivity index (χ3n) is 3.61. The lowest BCUT2D eigenvalue weighted by molar-refractivity contribution is -0.121. The van der Waals surface area contributed by atoms with Crippen LogP contribution in [0.15, 0.2) is 24.3 Å². The number of amides is 1. The van der Waals surface area contributed by atoms with Crippen LogP contribution < -0.4 is 10.2 Å². The first-order valence-electron chi connectivity index (χ1n) is 6.58. The molecule has 3 nitrogen and oxygen atoms in total. The van der Waals surface area contributed by atoms with Crippen molar-refractivity contribution in [1.29, 1.82) is 0 Å². The maximum atomic E-state index is 12.6. The van der Waals surface area contributed by atoms with E-state index in [0.29, 0.717) is 5.91 Å². The number of carbonyl (C=O) groups excluding carboxylic acids is 1. The quantitative estimate of drug-likeness (QED) is 0.844. The number of fused-ring (bicyclic) bond motifs is 1. The van der Waals surface area contributed by atoms with Crippen LogP contribution >= 0.6 is 11.8 Å². The summed E-state index contributed by atoms with van der Waals surface area (Å²) in [5, 5.41) is 3.40. The van der Waals surface area contributed by atoms with Crippen molar-refractivity contribution in [1.82, 2.24) is 0 Å². The average Bonchev–Trinajstić information content (AvgIpc) is 2.85. The molecular formula is C14H18N2OS. The first kappa shape index (κ1) is 11.9. The van der Waals surface area contributed by atoms with Crippen LogP contribution in [0.25, 0.3) is 0 Å². The van der Waals surface area contributed by atoms with E-state index in [4.69, 9.17) is 0 Å². The van der Waals surface area contributed by atoms with Crippen molar-refractivity contribution in [3.05, 3.63) is 24.3 Å². The number of anilines is 2. The van der Waals surface area contributed by atoms with E-state index in [1.807, 2.05) is 34.9 Å². The molecule has 4 heteroatoms. The molecule has 2 aliphatic rings. The lowest BCUT2D eigenvalue weighted by Gasteiger charge is -2.25. The van der Waals surface area contributed by atoms with Crippen molar-refractivity contribution in [2.75, 3.05) is 34.8 Å². The zero-order valence-electron chi connectivity index (χ0n) is 10.4. The molecule has 0 radical (unpaired) electrons. The van der Waals surface area contributed by atoms with Crippen LogP contribution in [0.4, 0.5) is 11.4 Å². The first-order chi connectivity index (χ1) is 8.86. The van der Waals surface area contributed by atoms with Gasteiger partial charge in [-0.2, -0.15) is 11.8 Å². The second-order valence-electron chi connectivity index (χ2n) is 4.85. The Morgan fingerprint density at radius 3 is 3.11 bits per heavy atom. The number of thioether (sulfide) groups is 1. The maximum absolute atomic E-state index is 12.6. The van der Waals surface area contributed by atoms with Crippen LogP contribution in [0.3, 0.4) is 0 Å². The number of benzene rings is 1. The summed E-state index contributed by atoms with van der Waals surface area (Å²) in [6, 6.07) is 8.14. The summed E-state index contributed by atoms with van der Waals surface area (Å²) in [7, 11) is 0. The zero-order valence-corrected chi connectivity index (χ0v) is 11.2. The van der Waals surface area contributed by atoms with Gasteiger partial charge in [-0.1, -0.05) is 12.1 Å². The summed E-state index contributed by atoms with van der Waals surface area (Å²) >= 11 is 1.90. The Labute approximate surface area is 112 Å². The van der Waals surface area contributed by atoms with E-state index in [9.17, 15) is 4.79 Å². The molecule has 1 fully saturated rings. The molecule has 0 bridgehead atoms. The lowest BCUT2D eigenvalue weighted by Crippen LogP contribution is -2.36. The van der Waals surface area contributed by atoms with E-state index in [0.717, 1.165) is 48.8 Å². The highest BCUT2D eigenvalue weighted by atomic mass is 32.2. The fourth-order valence-corrected chi connectivity index (χ4v) is 3.83. The minimum absolute atomic E-state index is 0.223. The molecule has 1 saturated heterocycles. The predicted molar refractivity (Wildman–Crippen MR) is 77.3 cm³/mol. The second kappa shape index (κ2) is 5.22. The Kier molecular flexibility index (Phi) is 3.46. The zero-order chi connectivity index (χ0) is 12.4. The number of nitrogens with zero attached hydrogens (tertiary/aromatic N) is 1. The molecule has 96 valence electrons. The molecule has 3 rings (SSSR count). The lowest BCUT2D eigenvalue weighted by atomic mass is 10.1. The van der Waals surface area contributed by atoms with Gasteiger partial charge in [0, 0.05) is 24.8 Å². The number of para-hydroxylation sites is 2. The Morgan fingerprint density at radius 2 is 2.28 bits per heavy atom. The van der Waals surface area contributed by atoms with Crippen molar-refractivity contribution in [2.45, 2.75) is 12.8 Å². The van der Waals surface area contributed by atoms with Gasteiger partial charge in [0.25, 0.3) is 0 Å². The van der Waals surface area contributed by atoms with E-state index in [1.165, 1.54) is 0 Å². The van der Waals surface area contributed by atoms with Crippen molar-refractivity contribution in [2.24, 2.45) is 5.92 Å². The largest absolute Gasteiger partial charge is 0.383 e. The van der Waals surface area contributed by atoms with Crippen molar-refractivity contribution in [3.8, 4) is 0 Å². The van der Waals surface area contributed by atoms with E-state index < -0.39 is 0 Å². The SMILES string of the molecule is O=C(C1CCSC1)N1CCCNc2ccccc21. The van der Waals surface area contributed by atoms with Crippen LogP contribution in [0.1, 0.15) is 12.8 Å². The first-order valence-corrected chi connectivity index (χ1v) is 7.74. The summed E-state index contributed by atoms with van der Waals surface area (Å²) < 4.78 is 0. The van der Waals surface area contributed by atoms with Gasteiger partial charge in [-0.3, -0.25) is 4.79 Å². The molecule has 1 atom stereocenters. The third-order valence-corrected chi connectivity index (χ3v) is 4.78. The Balaban J connectivity index is 1.88. The molecule has 0 aromatic heterocycles. The molecule has 1 amide bonds. The molecule has 0 saturated carbocycles. The highest BCUT2D eigenvalue weighted by molar-refractivity contribution is 7.99. The Morgan fingerprint density at radius 1 is 1.39 bits per heavy atom. The molecule has 2 heterocycles. The Hall–Kier alpha value is -1.16. The highest BCUT2D eigenvalue weighted by Crippen LogP contribution is 2.32. The number of carbonyl (C=O) groups is 1. The summed E-state index contributed by atoms with van der Waals surface area (Å²) in [5.74, 6) is 2.66. The van der Waals surface area contributed by atoms with Gasteiger partial charge in [0.1, 0.15) is 0 Å². The predicted octanol–water partition coefficient (Wildman–Crippen LogP) is 2.59. The van der Waals surface area contributed by atoms with Crippen LogP contribution in [-0.2, 0) is 4.79 Å². The summed E-state index contributed by atoms with van der Waals surface area (Å²) in [4.78, 5) is 14.6. The standard InChI is InChI=1S/C14H18N2OS/c17-14(11-6-9-18-10-11)16-8-3-7-15-12-4-1-2-5-13(12)16/h1-2,4-5,11,15H,3,6-10H2. The van der Waals surface area contributed by atoms with Crippen molar-refractivity contribution < 1.29 is 4.79 Å². The van der Waals surface area contributed by atoms with Crippen LogP contribution in [0.5, 0.6) is 0 Å². The maximum Gasteiger partial charge on any atom is 0.231 e. The Bertz CT molecular complexity index is 443. The number of hydrogen-bond donors (Lipinski definition) is 1. The molecule has 0 spiro atoms. The van der Waals surface area contributed by atoms with Gasteiger partial charge in [0.05, 0.1) is 11.4 Å².